The summed E-state index contributed by atoms with van der Waals surface area (Å²) >= 11 is 2.15. The molecular weight excluding hydrogens is 447 g/mol. The van der Waals surface area contributed by atoms with Gasteiger partial charge in [0, 0.05) is 33.7 Å². The normalized spacial score (nSPS) is 26.2. The fourth-order valence-electron chi connectivity index (χ4n) is 3.72. The van der Waals surface area contributed by atoms with Crippen LogP contribution in [0.3, 0.4) is 0 Å². The van der Waals surface area contributed by atoms with Gasteiger partial charge in [-0.15, -0.1) is 0 Å². The van der Waals surface area contributed by atoms with E-state index in [0.717, 1.165) is 16.4 Å². The van der Waals surface area contributed by atoms with E-state index in [4.69, 9.17) is 0 Å². The van der Waals surface area contributed by atoms with Crippen LogP contribution >= 0.6 is 22.6 Å². The molecule has 0 radical (unpaired) electrons. The Morgan fingerprint density at radius 3 is 3.04 bits per heavy atom. The van der Waals surface area contributed by atoms with Crippen LogP contribution in [0.2, 0.25) is 0 Å². The molecule has 3 N–H and O–H groups in total. The van der Waals surface area contributed by atoms with Crippen LogP contribution in [-0.2, 0) is 15.2 Å². The Balaban J connectivity index is 1.71. The van der Waals surface area contributed by atoms with Gasteiger partial charge >= 0.3 is 0 Å². The standard InChI is InChI=1S/C19H23IN2O4/c1-12(4-2-6-17(24)22-9-3-5-14(22)11-23)19(26)15-10-13(20)7-8-16(15)21-18(19)25/h2,4,7-8,10,12,14,23,26H,3,5-6,9,11H2,1H3,(H,21,25)/b4-2+/t12-,14-,19+/m0/s1. The van der Waals surface area contributed by atoms with Gasteiger partial charge in [-0.2, -0.15) is 0 Å². The number of aliphatic hydroxyl groups is 2. The van der Waals surface area contributed by atoms with Crippen LogP contribution in [0, 0.1) is 9.49 Å². The van der Waals surface area contributed by atoms with Crippen molar-refractivity contribution in [3.63, 3.8) is 0 Å². The van der Waals surface area contributed by atoms with E-state index >= 15 is 0 Å². The van der Waals surface area contributed by atoms with Gasteiger partial charge in [-0.1, -0.05) is 19.1 Å². The van der Waals surface area contributed by atoms with Gasteiger partial charge in [-0.05, 0) is 53.6 Å². The zero-order valence-electron chi connectivity index (χ0n) is 14.6. The molecule has 26 heavy (non-hydrogen) atoms. The molecule has 0 bridgehead atoms. The molecule has 6 nitrogen and oxygen atoms in total. The number of carbonyl (C=O) groups excluding carboxylic acids is 2. The minimum Gasteiger partial charge on any atom is -0.394 e. The summed E-state index contributed by atoms with van der Waals surface area (Å²) in [5, 5.41) is 23.1. The lowest BCUT2D eigenvalue weighted by Gasteiger charge is -2.26. The first-order valence-electron chi connectivity index (χ1n) is 8.78. The molecule has 1 aromatic rings. The van der Waals surface area contributed by atoms with Crippen molar-refractivity contribution in [2.75, 3.05) is 18.5 Å². The summed E-state index contributed by atoms with van der Waals surface area (Å²) in [5.74, 6) is -0.970. The van der Waals surface area contributed by atoms with E-state index in [2.05, 4.69) is 27.9 Å². The minimum absolute atomic E-state index is 0.0127. The van der Waals surface area contributed by atoms with E-state index in [0.29, 0.717) is 17.8 Å². The summed E-state index contributed by atoms with van der Waals surface area (Å²) in [6.45, 7) is 2.43. The zero-order chi connectivity index (χ0) is 18.9. The van der Waals surface area contributed by atoms with Crippen LogP contribution in [0.15, 0.2) is 30.4 Å². The van der Waals surface area contributed by atoms with Gasteiger partial charge in [0.1, 0.15) is 0 Å². The lowest BCUT2D eigenvalue weighted by molar-refractivity contribution is -0.137. The smallest absolute Gasteiger partial charge is 0.261 e. The Kier molecular flexibility index (Phi) is 5.69. The summed E-state index contributed by atoms with van der Waals surface area (Å²) < 4.78 is 0.937. The van der Waals surface area contributed by atoms with Gasteiger partial charge in [0.2, 0.25) is 5.91 Å². The molecule has 3 rings (SSSR count). The third kappa shape index (κ3) is 3.39. The van der Waals surface area contributed by atoms with Gasteiger partial charge in [0.15, 0.2) is 5.60 Å². The van der Waals surface area contributed by atoms with E-state index in [1.165, 1.54) is 0 Å². The Labute approximate surface area is 166 Å². The molecule has 0 spiro atoms. The molecular formula is C19H23IN2O4. The topological polar surface area (TPSA) is 89.9 Å². The molecule has 1 fully saturated rings. The molecule has 0 saturated carbocycles. The highest BCUT2D eigenvalue weighted by molar-refractivity contribution is 14.1. The number of fused-ring (bicyclic) bond motifs is 1. The van der Waals surface area contributed by atoms with Gasteiger partial charge in [-0.3, -0.25) is 9.59 Å². The number of amides is 2. The lowest BCUT2D eigenvalue weighted by Crippen LogP contribution is -2.40. The van der Waals surface area contributed by atoms with E-state index in [1.807, 2.05) is 6.07 Å². The molecule has 2 aliphatic rings. The predicted octanol–water partition coefficient (Wildman–Crippen LogP) is 2.00. The largest absolute Gasteiger partial charge is 0.394 e. The monoisotopic (exact) mass is 470 g/mol. The fourth-order valence-corrected chi connectivity index (χ4v) is 4.21. The average Bonchev–Trinajstić information content (AvgIpc) is 3.19. The van der Waals surface area contributed by atoms with Gasteiger partial charge < -0.3 is 20.4 Å². The fraction of sp³-hybridized carbons (Fsp3) is 0.474. The van der Waals surface area contributed by atoms with Crippen molar-refractivity contribution in [3.05, 3.63) is 39.5 Å². The first-order chi connectivity index (χ1) is 12.4. The van der Waals surface area contributed by atoms with Crippen molar-refractivity contribution in [1.82, 2.24) is 4.90 Å². The number of aliphatic hydroxyl groups excluding tert-OH is 1. The number of hydrogen-bond donors (Lipinski definition) is 3. The summed E-state index contributed by atoms with van der Waals surface area (Å²) in [5.41, 5.74) is -0.452. The van der Waals surface area contributed by atoms with Crippen molar-refractivity contribution in [2.24, 2.45) is 5.92 Å². The van der Waals surface area contributed by atoms with Gasteiger partial charge in [0.25, 0.3) is 5.91 Å². The van der Waals surface area contributed by atoms with Gasteiger partial charge in [-0.25, -0.2) is 0 Å². The third-order valence-electron chi connectivity index (χ3n) is 5.27. The quantitative estimate of drug-likeness (QED) is 0.454. The van der Waals surface area contributed by atoms with Crippen molar-refractivity contribution in [3.8, 4) is 0 Å². The highest BCUT2D eigenvalue weighted by Crippen LogP contribution is 2.42. The van der Waals surface area contributed by atoms with Crippen molar-refractivity contribution in [2.45, 2.75) is 37.8 Å². The molecule has 3 atom stereocenters. The summed E-state index contributed by atoms with van der Waals surface area (Å²) in [6.07, 6.45) is 5.36. The number of nitrogens with one attached hydrogen (secondary N) is 1. The molecule has 1 aromatic carbocycles. The Morgan fingerprint density at radius 1 is 1.54 bits per heavy atom. The molecule has 0 aromatic heterocycles. The first-order valence-corrected chi connectivity index (χ1v) is 9.86. The number of hydrogen-bond acceptors (Lipinski definition) is 4. The van der Waals surface area contributed by atoms with Gasteiger partial charge in [0.05, 0.1) is 12.6 Å². The summed E-state index contributed by atoms with van der Waals surface area (Å²) in [6, 6.07) is 5.37. The predicted molar refractivity (Wildman–Crippen MR) is 106 cm³/mol. The zero-order valence-corrected chi connectivity index (χ0v) is 16.8. The Hall–Kier alpha value is -1.45. The lowest BCUT2D eigenvalue weighted by atomic mass is 9.83. The second kappa shape index (κ2) is 7.66. The number of rotatable bonds is 5. The highest BCUT2D eigenvalue weighted by Gasteiger charge is 2.48. The minimum atomic E-state index is -1.64. The van der Waals surface area contributed by atoms with E-state index in [9.17, 15) is 19.8 Å². The first kappa shape index (κ1) is 19.3. The number of halogens is 1. The molecule has 0 aliphatic carbocycles. The van der Waals surface area contributed by atoms with E-state index in [-0.39, 0.29) is 25.0 Å². The third-order valence-corrected chi connectivity index (χ3v) is 5.94. The molecule has 7 heteroatoms. The van der Waals surface area contributed by atoms with Crippen molar-refractivity contribution < 1.29 is 19.8 Å². The summed E-state index contributed by atoms with van der Waals surface area (Å²) in [7, 11) is 0. The SMILES string of the molecule is C[C@@H](/C=C/CC(=O)N1CCC[C@H]1CO)[C@]1(O)C(=O)Nc2ccc(I)cc21. The van der Waals surface area contributed by atoms with Crippen LogP contribution in [0.25, 0.3) is 0 Å². The number of carbonyl (C=O) groups is 2. The van der Waals surface area contributed by atoms with Crippen LogP contribution < -0.4 is 5.32 Å². The molecule has 2 amide bonds. The number of likely N-dealkylation sites (tertiary alicyclic amines) is 1. The highest BCUT2D eigenvalue weighted by atomic mass is 127. The maximum Gasteiger partial charge on any atom is 0.261 e. The molecule has 2 aliphatic heterocycles. The Bertz CT molecular complexity index is 751. The molecule has 0 unspecified atom stereocenters. The molecule has 2 heterocycles. The maximum absolute atomic E-state index is 12.4. The van der Waals surface area contributed by atoms with E-state index in [1.54, 1.807) is 36.1 Å². The second-order valence-electron chi connectivity index (χ2n) is 6.90. The number of nitrogens with zero attached hydrogens (tertiary/aromatic N) is 1. The summed E-state index contributed by atoms with van der Waals surface area (Å²) in [4.78, 5) is 26.4. The number of anilines is 1. The van der Waals surface area contributed by atoms with Crippen LogP contribution in [0.5, 0.6) is 0 Å². The number of benzene rings is 1. The average molecular weight is 470 g/mol. The second-order valence-corrected chi connectivity index (χ2v) is 8.14. The molecule has 1 saturated heterocycles. The van der Waals surface area contributed by atoms with Crippen LogP contribution in [0.1, 0.15) is 31.7 Å². The van der Waals surface area contributed by atoms with Crippen molar-refractivity contribution in [1.29, 1.82) is 0 Å². The van der Waals surface area contributed by atoms with Crippen LogP contribution in [-0.4, -0.2) is 46.1 Å². The van der Waals surface area contributed by atoms with Crippen molar-refractivity contribution >= 4 is 40.1 Å². The molecule has 140 valence electrons. The Morgan fingerprint density at radius 2 is 2.31 bits per heavy atom. The van der Waals surface area contributed by atoms with Crippen LogP contribution in [0.4, 0.5) is 5.69 Å². The maximum atomic E-state index is 12.4. The van der Waals surface area contributed by atoms with E-state index < -0.39 is 17.4 Å².